The van der Waals surface area contributed by atoms with E-state index in [0.717, 1.165) is 22.8 Å². The zero-order valence-electron chi connectivity index (χ0n) is 15.7. The van der Waals surface area contributed by atoms with Crippen molar-refractivity contribution in [1.82, 2.24) is 19.9 Å². The molecule has 0 spiro atoms. The smallest absolute Gasteiger partial charge is 0.229 e. The first-order valence-corrected chi connectivity index (χ1v) is 8.41. The maximum atomic E-state index is 11.7. The Labute approximate surface area is 157 Å². The molecular weight excluding hydrogens is 344 g/mol. The average Bonchev–Trinajstić information content (AvgIpc) is 3.08. The van der Waals surface area contributed by atoms with Crippen molar-refractivity contribution in [2.75, 3.05) is 12.4 Å². The molecular formula is C19H22N6O2. The van der Waals surface area contributed by atoms with Crippen LogP contribution in [0.4, 0.5) is 11.6 Å². The van der Waals surface area contributed by atoms with Crippen LogP contribution in [0.5, 0.6) is 5.75 Å². The van der Waals surface area contributed by atoms with Gasteiger partial charge >= 0.3 is 0 Å². The highest BCUT2D eigenvalue weighted by molar-refractivity contribution is 5.85. The van der Waals surface area contributed by atoms with Crippen LogP contribution in [0.3, 0.4) is 0 Å². The number of nitrogens with one attached hydrogen (secondary N) is 2. The number of imidazole rings is 1. The first kappa shape index (κ1) is 18.4. The highest BCUT2D eigenvalue weighted by Crippen LogP contribution is 2.31. The Morgan fingerprint density at radius 2 is 2.04 bits per heavy atom. The first-order valence-electron chi connectivity index (χ1n) is 8.41. The van der Waals surface area contributed by atoms with Gasteiger partial charge in [0.15, 0.2) is 0 Å². The largest absolute Gasteiger partial charge is 0.496 e. The van der Waals surface area contributed by atoms with Crippen molar-refractivity contribution in [2.45, 2.75) is 26.2 Å². The Morgan fingerprint density at radius 1 is 1.26 bits per heavy atom. The number of aryl methyl sites for hydroxylation is 1. The van der Waals surface area contributed by atoms with Crippen LogP contribution >= 0.6 is 0 Å². The van der Waals surface area contributed by atoms with Gasteiger partial charge in [0.2, 0.25) is 11.9 Å². The molecule has 0 aliphatic rings. The number of hydrogen-bond acceptors (Lipinski definition) is 6. The van der Waals surface area contributed by atoms with Crippen molar-refractivity contribution in [1.29, 1.82) is 0 Å². The molecule has 1 aromatic carbocycles. The van der Waals surface area contributed by atoms with Gasteiger partial charge in [0.1, 0.15) is 11.6 Å². The third-order valence-electron chi connectivity index (χ3n) is 4.33. The van der Waals surface area contributed by atoms with Crippen molar-refractivity contribution >= 4 is 17.5 Å². The van der Waals surface area contributed by atoms with Gasteiger partial charge in [0, 0.05) is 29.8 Å². The molecule has 4 N–H and O–H groups in total. The number of nitrogens with two attached hydrogens (primary N) is 1. The fourth-order valence-electron chi connectivity index (χ4n) is 2.54. The van der Waals surface area contributed by atoms with Gasteiger partial charge in [-0.15, -0.1) is 0 Å². The molecule has 0 saturated carbocycles. The minimum Gasteiger partial charge on any atom is -0.496 e. The summed E-state index contributed by atoms with van der Waals surface area (Å²) in [7, 11) is 1.60. The van der Waals surface area contributed by atoms with Crippen molar-refractivity contribution < 1.29 is 9.53 Å². The molecule has 0 aliphatic carbocycles. The molecule has 0 saturated heterocycles. The van der Waals surface area contributed by atoms with Crippen LogP contribution in [-0.2, 0) is 10.2 Å². The summed E-state index contributed by atoms with van der Waals surface area (Å²) in [5.41, 5.74) is 7.68. The second-order valence-electron chi connectivity index (χ2n) is 6.71. The predicted octanol–water partition coefficient (Wildman–Crippen LogP) is 2.69. The van der Waals surface area contributed by atoms with Crippen LogP contribution in [0.2, 0.25) is 0 Å². The van der Waals surface area contributed by atoms with Gasteiger partial charge in [-0.05, 0) is 39.0 Å². The zero-order valence-corrected chi connectivity index (χ0v) is 15.7. The first-order chi connectivity index (χ1) is 12.8. The predicted molar refractivity (Wildman–Crippen MR) is 103 cm³/mol. The molecule has 0 atom stereocenters. The summed E-state index contributed by atoms with van der Waals surface area (Å²) in [5, 5.41) is 3.13. The Morgan fingerprint density at radius 3 is 2.67 bits per heavy atom. The Bertz CT molecular complexity index is 980. The summed E-state index contributed by atoms with van der Waals surface area (Å²) < 4.78 is 5.49. The molecule has 8 heteroatoms. The van der Waals surface area contributed by atoms with Crippen molar-refractivity contribution in [3.05, 3.63) is 48.0 Å². The van der Waals surface area contributed by atoms with E-state index < -0.39 is 11.3 Å². The summed E-state index contributed by atoms with van der Waals surface area (Å²) in [6.45, 7) is 5.39. The van der Waals surface area contributed by atoms with Crippen LogP contribution in [-0.4, -0.2) is 33.0 Å². The number of primary amides is 1. The summed E-state index contributed by atoms with van der Waals surface area (Å²) in [6, 6.07) is 7.29. The summed E-state index contributed by atoms with van der Waals surface area (Å²) in [6.07, 6.45) is 3.35. The number of aromatic amines is 1. The van der Waals surface area contributed by atoms with Crippen LogP contribution in [0, 0.1) is 6.92 Å². The Kier molecular flexibility index (Phi) is 4.81. The molecule has 3 aromatic rings. The number of amides is 1. The Hall–Kier alpha value is -3.42. The lowest BCUT2D eigenvalue weighted by Crippen LogP contribution is -2.36. The number of nitrogens with zero attached hydrogens (tertiary/aromatic N) is 3. The van der Waals surface area contributed by atoms with E-state index in [1.807, 2.05) is 25.1 Å². The van der Waals surface area contributed by atoms with E-state index in [9.17, 15) is 4.79 Å². The SMILES string of the molecule is COc1cc(Nc2nccc(C(C)(C)C(N)=O)n2)ccc1-c1ncc(C)[nH]1. The van der Waals surface area contributed by atoms with Gasteiger partial charge in [0.05, 0.1) is 23.8 Å². The molecule has 1 amide bonds. The standard InChI is InChI=1S/C19H22N6O2/c1-11-10-22-16(23-11)13-6-5-12(9-14(13)27-4)24-18-21-8-7-15(25-18)19(2,3)17(20)26/h5-10H,1-4H3,(H2,20,26)(H,22,23)(H,21,24,25). The maximum Gasteiger partial charge on any atom is 0.229 e. The maximum absolute atomic E-state index is 11.7. The number of hydrogen-bond donors (Lipinski definition) is 3. The number of anilines is 2. The van der Waals surface area contributed by atoms with Crippen LogP contribution < -0.4 is 15.8 Å². The molecule has 140 valence electrons. The molecule has 0 bridgehead atoms. The number of carbonyl (C=O) groups is 1. The second kappa shape index (κ2) is 7.06. The number of methoxy groups -OCH3 is 1. The number of benzene rings is 1. The van der Waals surface area contributed by atoms with E-state index in [1.54, 1.807) is 39.4 Å². The van der Waals surface area contributed by atoms with E-state index >= 15 is 0 Å². The minimum atomic E-state index is -0.891. The molecule has 0 radical (unpaired) electrons. The lowest BCUT2D eigenvalue weighted by Gasteiger charge is -2.20. The number of ether oxygens (including phenoxy) is 1. The van der Waals surface area contributed by atoms with Crippen LogP contribution in [0.15, 0.2) is 36.7 Å². The molecule has 2 heterocycles. The van der Waals surface area contributed by atoms with E-state index in [-0.39, 0.29) is 0 Å². The highest BCUT2D eigenvalue weighted by Gasteiger charge is 2.29. The van der Waals surface area contributed by atoms with Crippen LogP contribution in [0.25, 0.3) is 11.4 Å². The van der Waals surface area contributed by atoms with Crippen molar-refractivity contribution in [3.8, 4) is 17.1 Å². The normalized spacial score (nSPS) is 11.3. The fourth-order valence-corrected chi connectivity index (χ4v) is 2.54. The third kappa shape index (κ3) is 3.74. The quantitative estimate of drug-likeness (QED) is 0.617. The summed E-state index contributed by atoms with van der Waals surface area (Å²) in [5.74, 6) is 1.30. The van der Waals surface area contributed by atoms with Crippen molar-refractivity contribution in [3.63, 3.8) is 0 Å². The summed E-state index contributed by atoms with van der Waals surface area (Å²) in [4.78, 5) is 27.8. The molecule has 2 aromatic heterocycles. The zero-order chi connectivity index (χ0) is 19.6. The van der Waals surface area contributed by atoms with Gasteiger partial charge in [-0.1, -0.05) is 0 Å². The number of carbonyl (C=O) groups excluding carboxylic acids is 1. The van der Waals surface area contributed by atoms with Crippen LogP contribution in [0.1, 0.15) is 25.2 Å². The number of H-pyrrole nitrogens is 1. The van der Waals surface area contributed by atoms with Gasteiger partial charge in [-0.2, -0.15) is 0 Å². The van der Waals surface area contributed by atoms with E-state index in [2.05, 4.69) is 25.3 Å². The van der Waals surface area contributed by atoms with Gasteiger partial charge in [0.25, 0.3) is 0 Å². The molecule has 3 rings (SSSR count). The fraction of sp³-hybridized carbons (Fsp3) is 0.263. The van der Waals surface area contributed by atoms with Gasteiger partial charge in [-0.3, -0.25) is 4.79 Å². The highest BCUT2D eigenvalue weighted by atomic mass is 16.5. The van der Waals surface area contributed by atoms with Gasteiger partial charge < -0.3 is 20.8 Å². The molecule has 0 fully saturated rings. The molecule has 27 heavy (non-hydrogen) atoms. The lowest BCUT2D eigenvalue weighted by molar-refractivity contribution is -0.122. The lowest BCUT2D eigenvalue weighted by atomic mass is 9.88. The number of aromatic nitrogens is 4. The molecule has 0 unspecified atom stereocenters. The summed E-state index contributed by atoms with van der Waals surface area (Å²) >= 11 is 0. The minimum absolute atomic E-state index is 0.366. The Balaban J connectivity index is 1.89. The number of rotatable bonds is 6. The third-order valence-corrected chi connectivity index (χ3v) is 4.33. The van der Waals surface area contributed by atoms with Crippen molar-refractivity contribution in [2.24, 2.45) is 5.73 Å². The molecule has 8 nitrogen and oxygen atoms in total. The van der Waals surface area contributed by atoms with E-state index in [0.29, 0.717) is 17.4 Å². The van der Waals surface area contributed by atoms with E-state index in [4.69, 9.17) is 10.5 Å². The van der Waals surface area contributed by atoms with Gasteiger partial charge in [-0.25, -0.2) is 15.0 Å². The molecule has 0 aliphatic heterocycles. The average molecular weight is 366 g/mol. The van der Waals surface area contributed by atoms with E-state index in [1.165, 1.54) is 0 Å². The monoisotopic (exact) mass is 366 g/mol. The topological polar surface area (TPSA) is 119 Å². The second-order valence-corrected chi connectivity index (χ2v) is 6.71.